The molecule has 2 aliphatic heterocycles. The van der Waals surface area contributed by atoms with E-state index < -0.39 is 10.0 Å². The fourth-order valence-corrected chi connectivity index (χ4v) is 5.80. The molecule has 6 nitrogen and oxygen atoms in total. The summed E-state index contributed by atoms with van der Waals surface area (Å²) in [4.78, 5) is 15.1. The van der Waals surface area contributed by atoms with Gasteiger partial charge in [0.05, 0.1) is 4.90 Å². The Morgan fingerprint density at radius 1 is 0.933 bits per heavy atom. The van der Waals surface area contributed by atoms with E-state index in [-0.39, 0.29) is 22.8 Å². The molecule has 2 saturated heterocycles. The Balaban J connectivity index is 1.31. The second kappa shape index (κ2) is 8.96. The number of piperidine rings is 1. The summed E-state index contributed by atoms with van der Waals surface area (Å²) in [6, 6.07) is 16.5. The van der Waals surface area contributed by atoms with Gasteiger partial charge in [0.1, 0.15) is 0 Å². The van der Waals surface area contributed by atoms with Crippen LogP contribution in [0, 0.1) is 5.92 Å². The van der Waals surface area contributed by atoms with Crippen LogP contribution >= 0.6 is 11.6 Å². The topological polar surface area (TPSA) is 69.7 Å². The Morgan fingerprint density at radius 2 is 1.60 bits per heavy atom. The molecule has 0 saturated carbocycles. The summed E-state index contributed by atoms with van der Waals surface area (Å²) in [5, 5.41) is 3.99. The molecule has 0 bridgehead atoms. The number of anilines is 1. The number of hydrogen-bond acceptors (Lipinski definition) is 4. The molecular formula is C22H26ClN3O3S. The van der Waals surface area contributed by atoms with Crippen LogP contribution in [-0.2, 0) is 14.8 Å². The second-order valence-corrected chi connectivity index (χ2v) is 10.3. The average Bonchev–Trinajstić information content (AvgIpc) is 3.23. The number of carbonyl (C=O) groups is 1. The maximum atomic E-state index is 13.0. The first-order valence-corrected chi connectivity index (χ1v) is 12.1. The SMILES string of the molecule is O=C(C1CCN(S(=O)(=O)c2ccc(Cl)cc2)CC1)N1CCC(Nc2ccccc2)C1. The van der Waals surface area contributed by atoms with Crippen molar-refractivity contribution in [1.29, 1.82) is 0 Å². The maximum Gasteiger partial charge on any atom is 0.243 e. The van der Waals surface area contributed by atoms with Gasteiger partial charge in [0, 0.05) is 48.8 Å². The van der Waals surface area contributed by atoms with Gasteiger partial charge in [-0.15, -0.1) is 0 Å². The van der Waals surface area contributed by atoms with Crippen molar-refractivity contribution in [2.24, 2.45) is 5.92 Å². The van der Waals surface area contributed by atoms with Gasteiger partial charge < -0.3 is 10.2 Å². The highest BCUT2D eigenvalue weighted by Crippen LogP contribution is 2.27. The highest BCUT2D eigenvalue weighted by Gasteiger charge is 2.35. The zero-order valence-corrected chi connectivity index (χ0v) is 18.3. The predicted molar refractivity (Wildman–Crippen MR) is 118 cm³/mol. The number of halogens is 1. The molecule has 160 valence electrons. The van der Waals surface area contributed by atoms with E-state index in [1.807, 2.05) is 35.2 Å². The average molecular weight is 448 g/mol. The fraction of sp³-hybridized carbons (Fsp3) is 0.409. The van der Waals surface area contributed by atoms with Crippen LogP contribution in [0.4, 0.5) is 5.69 Å². The van der Waals surface area contributed by atoms with Crippen molar-refractivity contribution in [3.05, 3.63) is 59.6 Å². The lowest BCUT2D eigenvalue weighted by Gasteiger charge is -2.32. The predicted octanol–water partition coefficient (Wildman–Crippen LogP) is 3.45. The summed E-state index contributed by atoms with van der Waals surface area (Å²) < 4.78 is 27.1. The molecule has 0 aliphatic carbocycles. The number of sulfonamides is 1. The van der Waals surface area contributed by atoms with Crippen LogP contribution in [-0.4, -0.2) is 55.8 Å². The highest BCUT2D eigenvalue weighted by atomic mass is 35.5. The molecule has 4 rings (SSSR count). The Kier molecular flexibility index (Phi) is 6.32. The van der Waals surface area contributed by atoms with E-state index in [1.165, 1.54) is 16.4 Å². The van der Waals surface area contributed by atoms with Crippen molar-refractivity contribution in [2.75, 3.05) is 31.5 Å². The lowest BCUT2D eigenvalue weighted by molar-refractivity contribution is -0.135. The first-order chi connectivity index (χ1) is 14.4. The monoisotopic (exact) mass is 447 g/mol. The number of rotatable bonds is 5. The van der Waals surface area contributed by atoms with E-state index in [0.717, 1.165) is 18.7 Å². The van der Waals surface area contributed by atoms with Gasteiger partial charge in [-0.05, 0) is 55.7 Å². The highest BCUT2D eigenvalue weighted by molar-refractivity contribution is 7.89. The molecule has 2 heterocycles. The summed E-state index contributed by atoms with van der Waals surface area (Å²) >= 11 is 5.86. The molecule has 2 aromatic rings. The second-order valence-electron chi connectivity index (χ2n) is 7.91. The Hall–Kier alpha value is -2.09. The molecule has 8 heteroatoms. The van der Waals surface area contributed by atoms with Gasteiger partial charge in [-0.2, -0.15) is 4.31 Å². The third-order valence-electron chi connectivity index (χ3n) is 5.90. The van der Waals surface area contributed by atoms with Crippen molar-refractivity contribution in [3.63, 3.8) is 0 Å². The first kappa shape index (κ1) is 21.2. The number of para-hydroxylation sites is 1. The molecule has 1 unspecified atom stereocenters. The van der Waals surface area contributed by atoms with Crippen LogP contribution in [0.3, 0.4) is 0 Å². The molecule has 1 atom stereocenters. The quantitative estimate of drug-likeness (QED) is 0.762. The van der Waals surface area contributed by atoms with E-state index in [9.17, 15) is 13.2 Å². The largest absolute Gasteiger partial charge is 0.380 e. The number of nitrogens with zero attached hydrogens (tertiary/aromatic N) is 2. The van der Waals surface area contributed by atoms with Crippen LogP contribution in [0.5, 0.6) is 0 Å². The third kappa shape index (κ3) is 4.63. The summed E-state index contributed by atoms with van der Waals surface area (Å²) in [6.07, 6.45) is 2.03. The van der Waals surface area contributed by atoms with Gasteiger partial charge >= 0.3 is 0 Å². The lowest BCUT2D eigenvalue weighted by Crippen LogP contribution is -2.44. The minimum absolute atomic E-state index is 0.114. The van der Waals surface area contributed by atoms with Gasteiger partial charge in [0.25, 0.3) is 0 Å². The number of nitrogens with one attached hydrogen (secondary N) is 1. The standard InChI is InChI=1S/C22H26ClN3O3S/c23-18-6-8-21(9-7-18)30(28,29)26-14-10-17(11-15-26)22(27)25-13-12-20(16-25)24-19-4-2-1-3-5-19/h1-9,17,20,24H,10-16H2. The molecule has 1 N–H and O–H groups in total. The van der Waals surface area contributed by atoms with Crippen LogP contribution in [0.25, 0.3) is 0 Å². The molecule has 1 amide bonds. The fourth-order valence-electron chi connectivity index (χ4n) is 4.21. The number of carbonyl (C=O) groups excluding carboxylic acids is 1. The summed E-state index contributed by atoms with van der Waals surface area (Å²) in [6.45, 7) is 2.16. The van der Waals surface area contributed by atoms with Crippen LogP contribution in [0.1, 0.15) is 19.3 Å². The number of hydrogen-bond donors (Lipinski definition) is 1. The summed E-state index contributed by atoms with van der Waals surface area (Å²) in [5.74, 6) is 0.0352. The molecule has 30 heavy (non-hydrogen) atoms. The third-order valence-corrected chi connectivity index (χ3v) is 8.06. The minimum Gasteiger partial charge on any atom is -0.380 e. The van der Waals surface area contributed by atoms with Crippen LogP contribution < -0.4 is 5.32 Å². The maximum absolute atomic E-state index is 13.0. The zero-order chi connectivity index (χ0) is 21.1. The number of benzene rings is 2. The van der Waals surface area contributed by atoms with Gasteiger partial charge in [-0.3, -0.25) is 4.79 Å². The normalized spacial score (nSPS) is 21.0. The summed E-state index contributed by atoms with van der Waals surface area (Å²) in [5.41, 5.74) is 1.07. The number of likely N-dealkylation sites (tertiary alicyclic amines) is 1. The lowest BCUT2D eigenvalue weighted by atomic mass is 9.96. The molecular weight excluding hydrogens is 422 g/mol. The van der Waals surface area contributed by atoms with E-state index in [1.54, 1.807) is 12.1 Å². The minimum atomic E-state index is -3.55. The van der Waals surface area contributed by atoms with Crippen molar-refractivity contribution in [1.82, 2.24) is 9.21 Å². The molecule has 2 fully saturated rings. The Labute approximate surface area is 182 Å². The summed E-state index contributed by atoms with van der Waals surface area (Å²) in [7, 11) is -3.55. The van der Waals surface area contributed by atoms with Gasteiger partial charge in [-0.25, -0.2) is 8.42 Å². The smallest absolute Gasteiger partial charge is 0.243 e. The Morgan fingerprint density at radius 3 is 2.27 bits per heavy atom. The molecule has 0 radical (unpaired) electrons. The molecule has 0 spiro atoms. The van der Waals surface area contributed by atoms with E-state index in [0.29, 0.717) is 37.5 Å². The van der Waals surface area contributed by atoms with Gasteiger partial charge in [0.2, 0.25) is 15.9 Å². The number of amides is 1. The zero-order valence-electron chi connectivity index (χ0n) is 16.7. The van der Waals surface area contributed by atoms with Crippen molar-refractivity contribution < 1.29 is 13.2 Å². The van der Waals surface area contributed by atoms with E-state index in [4.69, 9.17) is 11.6 Å². The molecule has 2 aromatic carbocycles. The van der Waals surface area contributed by atoms with Gasteiger partial charge in [-0.1, -0.05) is 29.8 Å². The van der Waals surface area contributed by atoms with Crippen molar-refractivity contribution >= 4 is 33.2 Å². The Bertz CT molecular complexity index is 974. The van der Waals surface area contributed by atoms with Crippen molar-refractivity contribution in [2.45, 2.75) is 30.2 Å². The van der Waals surface area contributed by atoms with Crippen LogP contribution in [0.15, 0.2) is 59.5 Å². The van der Waals surface area contributed by atoms with Crippen molar-refractivity contribution in [3.8, 4) is 0 Å². The molecule has 2 aliphatic rings. The van der Waals surface area contributed by atoms with Gasteiger partial charge in [0.15, 0.2) is 0 Å². The molecule has 0 aromatic heterocycles. The van der Waals surface area contributed by atoms with E-state index in [2.05, 4.69) is 5.32 Å². The van der Waals surface area contributed by atoms with Crippen LogP contribution in [0.2, 0.25) is 5.02 Å². The first-order valence-electron chi connectivity index (χ1n) is 10.3. The van der Waals surface area contributed by atoms with E-state index >= 15 is 0 Å².